The van der Waals surface area contributed by atoms with Gasteiger partial charge in [-0.05, 0) is 62.6 Å². The van der Waals surface area contributed by atoms with E-state index in [2.05, 4.69) is 61.5 Å². The Bertz CT molecular complexity index is 416. The second kappa shape index (κ2) is 20.4. The molecule has 1 saturated heterocycles. The third-order valence-corrected chi connectivity index (χ3v) is 4.44. The highest BCUT2D eigenvalue weighted by molar-refractivity contribution is 9.10. The van der Waals surface area contributed by atoms with Crippen LogP contribution in [0.15, 0.2) is 28.7 Å². The Balaban J connectivity index is -0.00000132. The minimum atomic E-state index is 0. The van der Waals surface area contributed by atoms with Crippen molar-refractivity contribution in [3.63, 3.8) is 0 Å². The predicted octanol–water partition coefficient (Wildman–Crippen LogP) is 3.06. The van der Waals surface area contributed by atoms with Crippen molar-refractivity contribution >= 4 is 65.6 Å². The van der Waals surface area contributed by atoms with Gasteiger partial charge in [-0.2, -0.15) is 0 Å². The fourth-order valence-electron chi connectivity index (χ4n) is 2.77. The van der Waals surface area contributed by atoms with Crippen LogP contribution in [0, 0.1) is 5.92 Å². The number of rotatable bonds is 2. The molecule has 0 bridgehead atoms. The van der Waals surface area contributed by atoms with Crippen molar-refractivity contribution in [2.75, 3.05) is 52.4 Å². The van der Waals surface area contributed by atoms with Crippen LogP contribution in [0.3, 0.4) is 0 Å². The fourth-order valence-corrected chi connectivity index (χ4v) is 3.21. The Labute approximate surface area is 191 Å². The summed E-state index contributed by atoms with van der Waals surface area (Å²) < 4.78 is 1.17. The van der Waals surface area contributed by atoms with Crippen molar-refractivity contribution in [3.8, 4) is 0 Å². The van der Waals surface area contributed by atoms with Crippen LogP contribution in [-0.4, -0.2) is 52.4 Å². The van der Waals surface area contributed by atoms with E-state index in [1.807, 2.05) is 0 Å². The number of hydrogen-bond acceptors (Lipinski definition) is 4. The molecule has 0 unspecified atom stereocenters. The van der Waals surface area contributed by atoms with Crippen LogP contribution in [0.4, 0.5) is 0 Å². The SMILES string of the molecule is Brc1cccc(CC2CNCCNCCCNCCNC2)c1.Cl.Cl.Cl.Cl. The fraction of sp³-hybridized carbons (Fsp3) is 0.647. The first-order valence-electron chi connectivity index (χ1n) is 8.42. The number of halogens is 5. The van der Waals surface area contributed by atoms with Crippen LogP contribution >= 0.6 is 65.6 Å². The second-order valence-electron chi connectivity index (χ2n) is 5.96. The van der Waals surface area contributed by atoms with Gasteiger partial charge in [0.25, 0.3) is 0 Å². The van der Waals surface area contributed by atoms with Gasteiger partial charge in [0.05, 0.1) is 0 Å². The van der Waals surface area contributed by atoms with E-state index in [1.165, 1.54) is 16.5 Å². The van der Waals surface area contributed by atoms with Gasteiger partial charge >= 0.3 is 0 Å². The summed E-state index contributed by atoms with van der Waals surface area (Å²) >= 11 is 3.57. The maximum absolute atomic E-state index is 3.59. The van der Waals surface area contributed by atoms with E-state index in [0.29, 0.717) is 5.92 Å². The highest BCUT2D eigenvalue weighted by Crippen LogP contribution is 2.14. The van der Waals surface area contributed by atoms with Crippen molar-refractivity contribution in [2.45, 2.75) is 12.8 Å². The molecule has 0 atom stereocenters. The van der Waals surface area contributed by atoms with Crippen LogP contribution in [0.25, 0.3) is 0 Å². The minimum absolute atomic E-state index is 0. The lowest BCUT2D eigenvalue weighted by Gasteiger charge is -2.20. The van der Waals surface area contributed by atoms with Crippen LogP contribution in [-0.2, 0) is 6.42 Å². The average Bonchev–Trinajstić information content (AvgIpc) is 2.51. The summed E-state index contributed by atoms with van der Waals surface area (Å²) in [5.74, 6) is 0.622. The van der Waals surface area contributed by atoms with Gasteiger partial charge in [0.1, 0.15) is 0 Å². The zero-order valence-corrected chi connectivity index (χ0v) is 19.8. The summed E-state index contributed by atoms with van der Waals surface area (Å²) in [6, 6.07) is 8.66. The largest absolute Gasteiger partial charge is 0.315 e. The maximum Gasteiger partial charge on any atom is 0.0177 e. The van der Waals surface area contributed by atoms with E-state index in [1.54, 1.807) is 0 Å². The summed E-state index contributed by atoms with van der Waals surface area (Å²) in [5, 5.41) is 14.2. The van der Waals surface area contributed by atoms with E-state index >= 15 is 0 Å². The molecule has 1 aromatic rings. The second-order valence-corrected chi connectivity index (χ2v) is 6.88. The molecule has 1 heterocycles. The highest BCUT2D eigenvalue weighted by Gasteiger charge is 2.10. The molecule has 1 aliphatic heterocycles. The Morgan fingerprint density at radius 3 is 1.85 bits per heavy atom. The van der Waals surface area contributed by atoms with Crippen molar-refractivity contribution in [2.24, 2.45) is 5.92 Å². The first kappa shape index (κ1) is 31.4. The first-order valence-corrected chi connectivity index (χ1v) is 9.21. The highest BCUT2D eigenvalue weighted by atomic mass is 79.9. The molecule has 0 amide bonds. The van der Waals surface area contributed by atoms with Crippen molar-refractivity contribution < 1.29 is 0 Å². The molecular weight excluding hydrogens is 482 g/mol. The Kier molecular flexibility index (Phi) is 24.7. The zero-order chi connectivity index (χ0) is 15.5. The smallest absolute Gasteiger partial charge is 0.0177 e. The normalized spacial score (nSPS) is 17.3. The Morgan fingerprint density at radius 1 is 0.769 bits per heavy atom. The number of hydrogen-bond donors (Lipinski definition) is 4. The topological polar surface area (TPSA) is 48.1 Å². The summed E-state index contributed by atoms with van der Waals surface area (Å²) in [5.41, 5.74) is 1.40. The van der Waals surface area contributed by atoms with Crippen molar-refractivity contribution in [1.29, 1.82) is 0 Å². The van der Waals surface area contributed by atoms with Crippen LogP contribution < -0.4 is 21.3 Å². The molecule has 26 heavy (non-hydrogen) atoms. The lowest BCUT2D eigenvalue weighted by Crippen LogP contribution is -2.39. The number of benzene rings is 1. The standard InChI is InChI=1S/C17H29BrN4.4ClH/c18-17-4-1-3-15(12-17)11-16-13-21-9-7-19-5-2-6-20-8-10-22-14-16;;;;/h1,3-4,12,16,19-22H,2,5-11,13-14H2;4*1H. The predicted molar refractivity (Wildman–Crippen MR) is 126 cm³/mol. The molecule has 0 aliphatic carbocycles. The number of nitrogens with one attached hydrogen (secondary N) is 4. The van der Waals surface area contributed by atoms with Gasteiger partial charge in [-0.15, -0.1) is 49.6 Å². The van der Waals surface area contributed by atoms with Gasteiger partial charge in [0, 0.05) is 30.7 Å². The van der Waals surface area contributed by atoms with E-state index < -0.39 is 0 Å². The zero-order valence-electron chi connectivity index (χ0n) is 15.0. The van der Waals surface area contributed by atoms with Crippen LogP contribution in [0.1, 0.15) is 12.0 Å². The molecule has 0 saturated carbocycles. The third kappa shape index (κ3) is 14.7. The average molecular weight is 515 g/mol. The van der Waals surface area contributed by atoms with Gasteiger partial charge in [-0.25, -0.2) is 0 Å². The lowest BCUT2D eigenvalue weighted by atomic mass is 9.99. The molecule has 1 aromatic carbocycles. The Hall–Kier alpha value is 0.700. The van der Waals surface area contributed by atoms with Crippen LogP contribution in [0.5, 0.6) is 0 Å². The molecule has 1 fully saturated rings. The maximum atomic E-state index is 3.59. The summed E-state index contributed by atoms with van der Waals surface area (Å²) in [4.78, 5) is 0. The van der Waals surface area contributed by atoms with E-state index in [4.69, 9.17) is 0 Å². The molecule has 1 aliphatic rings. The van der Waals surface area contributed by atoms with Crippen molar-refractivity contribution in [3.05, 3.63) is 34.3 Å². The summed E-state index contributed by atoms with van der Waals surface area (Å²) in [6.45, 7) is 8.52. The molecular formula is C17H33BrCl4N4. The molecule has 0 spiro atoms. The van der Waals surface area contributed by atoms with Gasteiger partial charge in [-0.1, -0.05) is 28.1 Å². The van der Waals surface area contributed by atoms with E-state index in [-0.39, 0.29) is 49.6 Å². The summed E-state index contributed by atoms with van der Waals surface area (Å²) in [6.07, 6.45) is 2.31. The molecule has 0 radical (unpaired) electrons. The lowest BCUT2D eigenvalue weighted by molar-refractivity contribution is 0.430. The quantitative estimate of drug-likeness (QED) is 0.490. The van der Waals surface area contributed by atoms with E-state index in [9.17, 15) is 0 Å². The van der Waals surface area contributed by atoms with Crippen molar-refractivity contribution in [1.82, 2.24) is 21.3 Å². The van der Waals surface area contributed by atoms with Gasteiger partial charge < -0.3 is 21.3 Å². The molecule has 2 rings (SSSR count). The third-order valence-electron chi connectivity index (χ3n) is 3.94. The molecule has 4 nitrogen and oxygen atoms in total. The Morgan fingerprint density at radius 2 is 1.31 bits per heavy atom. The molecule has 9 heteroatoms. The first-order chi connectivity index (χ1) is 10.8. The molecule has 0 aromatic heterocycles. The summed E-state index contributed by atoms with van der Waals surface area (Å²) in [7, 11) is 0. The minimum Gasteiger partial charge on any atom is -0.315 e. The van der Waals surface area contributed by atoms with Gasteiger partial charge in [0.2, 0.25) is 0 Å². The van der Waals surface area contributed by atoms with E-state index in [0.717, 1.165) is 58.8 Å². The van der Waals surface area contributed by atoms with Gasteiger partial charge in [0.15, 0.2) is 0 Å². The molecule has 4 N–H and O–H groups in total. The van der Waals surface area contributed by atoms with Gasteiger partial charge in [-0.3, -0.25) is 0 Å². The van der Waals surface area contributed by atoms with Crippen LogP contribution in [0.2, 0.25) is 0 Å². The monoisotopic (exact) mass is 512 g/mol. The molecule has 156 valence electrons.